The van der Waals surface area contributed by atoms with Crippen LogP contribution in [0.25, 0.3) is 10.2 Å². The molecule has 1 aromatic carbocycles. The van der Waals surface area contributed by atoms with Gasteiger partial charge in [0.05, 0.1) is 21.7 Å². The Hall–Kier alpha value is -1.95. The molecule has 0 saturated heterocycles. The molecule has 2 N–H and O–H groups in total. The Bertz CT molecular complexity index is 960. The van der Waals surface area contributed by atoms with Crippen molar-refractivity contribution in [3.8, 4) is 12.3 Å². The number of primary sulfonamides is 1. The predicted octanol–water partition coefficient (Wildman–Crippen LogP) is 1.46. The van der Waals surface area contributed by atoms with Gasteiger partial charge in [-0.2, -0.15) is 4.99 Å². The third-order valence-corrected chi connectivity index (χ3v) is 4.99. The number of fused-ring (bicyclic) bond motifs is 1. The van der Waals surface area contributed by atoms with Gasteiger partial charge in [0.15, 0.2) is 4.80 Å². The number of carbonyl (C=O) groups is 1. The Morgan fingerprint density at radius 1 is 1.48 bits per heavy atom. The Morgan fingerprint density at radius 3 is 2.74 bits per heavy atom. The average Bonchev–Trinajstić information content (AvgIpc) is 2.74. The van der Waals surface area contributed by atoms with Crippen molar-refractivity contribution in [2.24, 2.45) is 16.0 Å². The van der Waals surface area contributed by atoms with Gasteiger partial charge >= 0.3 is 0 Å². The number of nitrogens with two attached hydrogens (primary N) is 1. The molecule has 0 bridgehead atoms. The van der Waals surface area contributed by atoms with Crippen molar-refractivity contribution in [3.63, 3.8) is 0 Å². The second kappa shape index (κ2) is 6.66. The van der Waals surface area contributed by atoms with E-state index in [9.17, 15) is 13.2 Å². The van der Waals surface area contributed by atoms with Crippen LogP contribution < -0.4 is 9.94 Å². The molecule has 8 heteroatoms. The molecule has 0 aliphatic heterocycles. The fraction of sp³-hybridized carbons (Fsp3) is 0.333. The zero-order valence-electron chi connectivity index (χ0n) is 12.8. The first-order valence-electron chi connectivity index (χ1n) is 6.89. The summed E-state index contributed by atoms with van der Waals surface area (Å²) in [6.07, 6.45) is 5.72. The maximum Gasteiger partial charge on any atom is 0.248 e. The number of rotatable bonds is 4. The molecule has 0 aliphatic rings. The van der Waals surface area contributed by atoms with Gasteiger partial charge in [-0.3, -0.25) is 4.79 Å². The third-order valence-electron chi connectivity index (χ3n) is 3.04. The van der Waals surface area contributed by atoms with Crippen molar-refractivity contribution >= 4 is 37.5 Å². The van der Waals surface area contributed by atoms with Crippen LogP contribution in [0.15, 0.2) is 28.1 Å². The van der Waals surface area contributed by atoms with Gasteiger partial charge in [-0.05, 0) is 24.1 Å². The molecule has 0 spiro atoms. The molecule has 2 rings (SSSR count). The highest BCUT2D eigenvalue weighted by Crippen LogP contribution is 2.21. The molecule has 0 fully saturated rings. The Labute approximate surface area is 138 Å². The second-order valence-corrected chi connectivity index (χ2v) is 8.02. The number of hydrogen-bond donors (Lipinski definition) is 1. The van der Waals surface area contributed by atoms with E-state index < -0.39 is 10.0 Å². The maximum atomic E-state index is 11.9. The van der Waals surface area contributed by atoms with Crippen LogP contribution >= 0.6 is 11.3 Å². The zero-order valence-corrected chi connectivity index (χ0v) is 14.4. The summed E-state index contributed by atoms with van der Waals surface area (Å²) in [7, 11) is -3.79. The van der Waals surface area contributed by atoms with Crippen LogP contribution in [-0.2, 0) is 21.4 Å². The smallest absolute Gasteiger partial charge is 0.248 e. The highest BCUT2D eigenvalue weighted by Gasteiger charge is 2.13. The van der Waals surface area contributed by atoms with Gasteiger partial charge in [0.2, 0.25) is 15.9 Å². The monoisotopic (exact) mass is 351 g/mol. The predicted molar refractivity (Wildman–Crippen MR) is 90.0 cm³/mol. The number of thiazole rings is 1. The highest BCUT2D eigenvalue weighted by atomic mass is 32.2. The van der Waals surface area contributed by atoms with E-state index in [1.807, 2.05) is 13.8 Å². The van der Waals surface area contributed by atoms with Gasteiger partial charge in [-0.25, -0.2) is 13.6 Å². The lowest BCUT2D eigenvalue weighted by Crippen LogP contribution is -2.17. The molecule has 1 amide bonds. The van der Waals surface area contributed by atoms with E-state index in [1.165, 1.54) is 23.5 Å². The van der Waals surface area contributed by atoms with Crippen LogP contribution in [0.4, 0.5) is 0 Å². The number of carbonyl (C=O) groups excluding carboxylic acids is 1. The first-order chi connectivity index (χ1) is 10.7. The standard InChI is InChI=1S/C15H17N3O3S2/c1-4-7-18-12-6-5-11(23(16,20)21)9-13(12)22-15(18)17-14(19)8-10(2)3/h1,5-6,9-10H,7-8H2,2-3H3,(H2,16,20,21). The topological polar surface area (TPSA) is 94.5 Å². The van der Waals surface area contributed by atoms with Crippen molar-refractivity contribution in [1.82, 2.24) is 4.57 Å². The summed E-state index contributed by atoms with van der Waals surface area (Å²) in [6.45, 7) is 4.11. The molecule has 0 aliphatic carbocycles. The first-order valence-corrected chi connectivity index (χ1v) is 9.26. The van der Waals surface area contributed by atoms with Crippen LogP contribution in [0.1, 0.15) is 20.3 Å². The summed E-state index contributed by atoms with van der Waals surface area (Å²) in [4.78, 5) is 16.5. The minimum absolute atomic E-state index is 0.0131. The lowest BCUT2D eigenvalue weighted by molar-refractivity contribution is -0.118. The highest BCUT2D eigenvalue weighted by molar-refractivity contribution is 7.89. The van der Waals surface area contributed by atoms with Gasteiger partial charge in [0.1, 0.15) is 0 Å². The summed E-state index contributed by atoms with van der Waals surface area (Å²) in [5.74, 6) is 2.49. The van der Waals surface area contributed by atoms with Gasteiger partial charge in [0, 0.05) is 6.42 Å². The fourth-order valence-corrected chi connectivity index (χ4v) is 3.76. The van der Waals surface area contributed by atoms with E-state index in [0.717, 1.165) is 5.52 Å². The molecule has 0 atom stereocenters. The van der Waals surface area contributed by atoms with Gasteiger partial charge < -0.3 is 4.57 Å². The van der Waals surface area contributed by atoms with Crippen LogP contribution in [0.2, 0.25) is 0 Å². The normalized spacial score (nSPS) is 12.7. The van der Waals surface area contributed by atoms with E-state index in [0.29, 0.717) is 15.9 Å². The van der Waals surface area contributed by atoms with Crippen LogP contribution in [0.5, 0.6) is 0 Å². The van der Waals surface area contributed by atoms with E-state index >= 15 is 0 Å². The van der Waals surface area contributed by atoms with Gasteiger partial charge in [-0.15, -0.1) is 6.42 Å². The number of sulfonamides is 1. The van der Waals surface area contributed by atoms with Crippen LogP contribution in [-0.4, -0.2) is 18.9 Å². The van der Waals surface area contributed by atoms with Crippen molar-refractivity contribution in [2.45, 2.75) is 31.7 Å². The minimum atomic E-state index is -3.79. The SMILES string of the molecule is C#CCn1c(=NC(=O)CC(C)C)sc2cc(S(N)(=O)=O)ccc21. The fourth-order valence-electron chi connectivity index (χ4n) is 2.06. The molecule has 122 valence electrons. The number of amides is 1. The minimum Gasteiger partial charge on any atom is -0.305 e. The van der Waals surface area contributed by atoms with Gasteiger partial charge in [-0.1, -0.05) is 31.1 Å². The summed E-state index contributed by atoms with van der Waals surface area (Å²) in [5.41, 5.74) is 0.719. The van der Waals surface area contributed by atoms with E-state index in [4.69, 9.17) is 11.6 Å². The Morgan fingerprint density at radius 2 is 2.17 bits per heavy atom. The van der Waals surface area contributed by atoms with E-state index in [2.05, 4.69) is 10.9 Å². The Kier molecular flexibility index (Phi) is 5.04. The first kappa shape index (κ1) is 17.4. The van der Waals surface area contributed by atoms with Crippen molar-refractivity contribution in [3.05, 3.63) is 23.0 Å². The van der Waals surface area contributed by atoms with Crippen molar-refractivity contribution in [2.75, 3.05) is 0 Å². The molecule has 6 nitrogen and oxygen atoms in total. The summed E-state index contributed by atoms with van der Waals surface area (Å²) < 4.78 is 25.3. The second-order valence-electron chi connectivity index (χ2n) is 5.45. The van der Waals surface area contributed by atoms with Crippen molar-refractivity contribution in [1.29, 1.82) is 0 Å². The maximum absolute atomic E-state index is 11.9. The summed E-state index contributed by atoms with van der Waals surface area (Å²) >= 11 is 1.21. The third kappa shape index (κ3) is 4.07. The van der Waals surface area contributed by atoms with E-state index in [-0.39, 0.29) is 23.3 Å². The summed E-state index contributed by atoms with van der Waals surface area (Å²) in [5, 5.41) is 5.15. The molecule has 0 radical (unpaired) electrons. The average molecular weight is 351 g/mol. The Balaban J connectivity index is 2.65. The molecule has 2 aromatic rings. The van der Waals surface area contributed by atoms with Crippen LogP contribution in [0.3, 0.4) is 0 Å². The summed E-state index contributed by atoms with van der Waals surface area (Å²) in [6, 6.07) is 4.50. The van der Waals surface area contributed by atoms with Gasteiger partial charge in [0.25, 0.3) is 0 Å². The lowest BCUT2D eigenvalue weighted by Gasteiger charge is -2.02. The molecule has 1 aromatic heterocycles. The number of benzene rings is 1. The van der Waals surface area contributed by atoms with Crippen molar-refractivity contribution < 1.29 is 13.2 Å². The quantitative estimate of drug-likeness (QED) is 0.845. The molecule has 0 unspecified atom stereocenters. The number of terminal acetylenes is 1. The number of hydrogen-bond acceptors (Lipinski definition) is 4. The number of nitrogens with zero attached hydrogens (tertiary/aromatic N) is 2. The molecular weight excluding hydrogens is 334 g/mol. The molecule has 23 heavy (non-hydrogen) atoms. The van der Waals surface area contributed by atoms with Crippen LogP contribution in [0, 0.1) is 18.3 Å². The largest absolute Gasteiger partial charge is 0.305 e. The molecule has 0 saturated carbocycles. The zero-order chi connectivity index (χ0) is 17.2. The number of aromatic nitrogens is 1. The van der Waals surface area contributed by atoms with E-state index in [1.54, 1.807) is 10.6 Å². The molecular formula is C15H17N3O3S2. The lowest BCUT2D eigenvalue weighted by atomic mass is 10.1. The molecule has 1 heterocycles.